The van der Waals surface area contributed by atoms with Gasteiger partial charge in [0.05, 0.1) is 10.2 Å². The molecule has 3 amide bonds. The van der Waals surface area contributed by atoms with Gasteiger partial charge in [-0.3, -0.25) is 9.69 Å². The average molecular weight is 485 g/mol. The number of rotatable bonds is 6. The first-order chi connectivity index (χ1) is 16.9. The van der Waals surface area contributed by atoms with Crippen molar-refractivity contribution < 1.29 is 9.59 Å². The molecule has 1 saturated heterocycles. The summed E-state index contributed by atoms with van der Waals surface area (Å²) < 4.78 is 1.16. The molecule has 1 fully saturated rings. The van der Waals surface area contributed by atoms with Crippen LogP contribution in [0, 0.1) is 6.92 Å². The number of aromatic nitrogens is 1. The summed E-state index contributed by atoms with van der Waals surface area (Å²) in [6.07, 6.45) is 0. The van der Waals surface area contributed by atoms with Gasteiger partial charge in [-0.1, -0.05) is 32.0 Å². The number of nitrogens with zero attached hydrogens (tertiary/aromatic N) is 3. The van der Waals surface area contributed by atoms with Crippen LogP contribution in [0.5, 0.6) is 0 Å². The van der Waals surface area contributed by atoms with E-state index in [4.69, 9.17) is 4.98 Å². The molecule has 0 aliphatic carbocycles. The number of fused-ring (bicyclic) bond motifs is 1. The lowest BCUT2D eigenvalue weighted by Gasteiger charge is -2.19. The predicted molar refractivity (Wildman–Crippen MR) is 143 cm³/mol. The molecule has 0 unspecified atom stereocenters. The fourth-order valence-electron chi connectivity index (χ4n) is 4.23. The third-order valence-corrected chi connectivity index (χ3v) is 7.33. The predicted octanol–water partition coefficient (Wildman–Crippen LogP) is 6.28. The van der Waals surface area contributed by atoms with E-state index >= 15 is 0 Å². The highest BCUT2D eigenvalue weighted by Crippen LogP contribution is 2.31. The second-order valence-corrected chi connectivity index (χ2v) is 10.2. The number of hydrogen-bond donors (Lipinski definition) is 1. The smallest absolute Gasteiger partial charge is 0.325 e. The highest BCUT2D eigenvalue weighted by Gasteiger charge is 2.30. The van der Waals surface area contributed by atoms with Crippen molar-refractivity contribution >= 4 is 44.9 Å². The lowest BCUT2D eigenvalue weighted by Crippen LogP contribution is -2.37. The molecule has 0 atom stereocenters. The van der Waals surface area contributed by atoms with Gasteiger partial charge in [0.25, 0.3) is 0 Å². The molecule has 2 heterocycles. The zero-order valence-electron chi connectivity index (χ0n) is 20.1. The highest BCUT2D eigenvalue weighted by atomic mass is 32.1. The number of benzene rings is 3. The largest absolute Gasteiger partial charge is 0.325 e. The highest BCUT2D eigenvalue weighted by molar-refractivity contribution is 7.21. The zero-order valence-corrected chi connectivity index (χ0v) is 20.9. The Morgan fingerprint density at radius 3 is 2.49 bits per heavy atom. The Labute approximate surface area is 209 Å². The first kappa shape index (κ1) is 23.1. The number of nitrogens with one attached hydrogen (secondary N) is 1. The van der Waals surface area contributed by atoms with Crippen LogP contribution in [0.1, 0.15) is 30.9 Å². The molecule has 5 rings (SSSR count). The fourth-order valence-corrected chi connectivity index (χ4v) is 5.30. The van der Waals surface area contributed by atoms with Gasteiger partial charge in [0.2, 0.25) is 5.91 Å². The van der Waals surface area contributed by atoms with Crippen molar-refractivity contribution in [1.29, 1.82) is 0 Å². The summed E-state index contributed by atoms with van der Waals surface area (Å²) in [5.41, 5.74) is 6.02. The standard InChI is InChI=1S/C28H28N4O2S/c1-18(2)20-7-11-23(12-8-20)32-15-14-31(28(32)34)17-26(33)29-22-9-5-21(6-10-22)27-30-24-13-4-19(3)16-25(24)35-27/h4-13,16,18H,14-15,17H2,1-3H3,(H,29,33). The number of carbonyl (C=O) groups is 2. The molecule has 1 aliphatic heterocycles. The van der Waals surface area contributed by atoms with Crippen LogP contribution >= 0.6 is 11.3 Å². The summed E-state index contributed by atoms with van der Waals surface area (Å²) in [6, 6.07) is 21.9. The van der Waals surface area contributed by atoms with Crippen LogP contribution in [0.3, 0.4) is 0 Å². The SMILES string of the molecule is Cc1ccc2nc(-c3ccc(NC(=O)CN4CCN(c5ccc(C(C)C)cc5)C4=O)cc3)sc2c1. The minimum Gasteiger partial charge on any atom is -0.325 e. The van der Waals surface area contributed by atoms with Crippen LogP contribution in [0.4, 0.5) is 16.2 Å². The van der Waals surface area contributed by atoms with Crippen LogP contribution in [0.2, 0.25) is 0 Å². The third kappa shape index (κ3) is 4.91. The Bertz CT molecular complexity index is 1380. The summed E-state index contributed by atoms with van der Waals surface area (Å²) in [7, 11) is 0. The lowest BCUT2D eigenvalue weighted by atomic mass is 10.0. The molecular formula is C28H28N4O2S. The molecule has 178 valence electrons. The van der Waals surface area contributed by atoms with Gasteiger partial charge in [-0.05, 0) is 72.5 Å². The van der Waals surface area contributed by atoms with E-state index in [0.29, 0.717) is 24.7 Å². The van der Waals surface area contributed by atoms with Gasteiger partial charge in [0, 0.05) is 30.0 Å². The summed E-state index contributed by atoms with van der Waals surface area (Å²) in [6.45, 7) is 7.49. The van der Waals surface area contributed by atoms with Crippen LogP contribution in [-0.2, 0) is 4.79 Å². The molecule has 7 heteroatoms. The van der Waals surface area contributed by atoms with E-state index in [1.54, 1.807) is 21.1 Å². The van der Waals surface area contributed by atoms with Gasteiger partial charge in [-0.25, -0.2) is 9.78 Å². The van der Waals surface area contributed by atoms with Crippen LogP contribution < -0.4 is 10.2 Å². The van der Waals surface area contributed by atoms with Crippen LogP contribution in [0.15, 0.2) is 66.7 Å². The van der Waals surface area contributed by atoms with E-state index in [-0.39, 0.29) is 18.5 Å². The monoisotopic (exact) mass is 484 g/mol. The maximum Gasteiger partial charge on any atom is 0.325 e. The second kappa shape index (κ2) is 9.50. The van der Waals surface area contributed by atoms with Gasteiger partial charge < -0.3 is 10.2 Å². The Morgan fingerprint density at radius 1 is 1.03 bits per heavy atom. The van der Waals surface area contributed by atoms with Crippen LogP contribution in [-0.4, -0.2) is 41.5 Å². The summed E-state index contributed by atoms with van der Waals surface area (Å²) in [5, 5.41) is 3.86. The van der Waals surface area contributed by atoms with Crippen molar-refractivity contribution in [3.63, 3.8) is 0 Å². The molecular weight excluding hydrogens is 456 g/mol. The van der Waals surface area contributed by atoms with Gasteiger partial charge in [0.1, 0.15) is 11.6 Å². The molecule has 4 aromatic rings. The van der Waals surface area contributed by atoms with Crippen LogP contribution in [0.25, 0.3) is 20.8 Å². The topological polar surface area (TPSA) is 65.5 Å². The minimum absolute atomic E-state index is 0.0262. The van der Waals surface area contributed by atoms with Gasteiger partial charge in [-0.2, -0.15) is 0 Å². The maximum absolute atomic E-state index is 12.9. The summed E-state index contributed by atoms with van der Waals surface area (Å²) in [5.74, 6) is 0.233. The molecule has 0 saturated carbocycles. The van der Waals surface area contributed by atoms with Crippen molar-refractivity contribution in [1.82, 2.24) is 9.88 Å². The molecule has 1 aliphatic rings. The number of thiazole rings is 1. The number of aryl methyl sites for hydroxylation is 1. The first-order valence-electron chi connectivity index (χ1n) is 11.8. The number of urea groups is 1. The van der Waals surface area contributed by atoms with Gasteiger partial charge >= 0.3 is 6.03 Å². The summed E-state index contributed by atoms with van der Waals surface area (Å²) in [4.78, 5) is 33.6. The molecule has 0 spiro atoms. The van der Waals surface area contributed by atoms with Gasteiger partial charge in [0.15, 0.2) is 0 Å². The normalized spacial score (nSPS) is 13.8. The third-order valence-electron chi connectivity index (χ3n) is 6.26. The summed E-state index contributed by atoms with van der Waals surface area (Å²) >= 11 is 1.66. The Kier molecular flexibility index (Phi) is 6.26. The Morgan fingerprint density at radius 2 is 1.77 bits per heavy atom. The van der Waals surface area contributed by atoms with Gasteiger partial charge in [-0.15, -0.1) is 11.3 Å². The van der Waals surface area contributed by atoms with E-state index < -0.39 is 0 Å². The maximum atomic E-state index is 12.9. The van der Waals surface area contributed by atoms with E-state index in [1.807, 2.05) is 42.5 Å². The minimum atomic E-state index is -0.210. The quantitative estimate of drug-likeness (QED) is 0.350. The molecule has 6 nitrogen and oxygen atoms in total. The first-order valence-corrected chi connectivity index (χ1v) is 12.6. The number of amides is 3. The van der Waals surface area contributed by atoms with Crippen molar-refractivity contribution in [3.05, 3.63) is 77.9 Å². The number of carbonyl (C=O) groups excluding carboxylic acids is 2. The van der Waals surface area contributed by atoms with Crippen molar-refractivity contribution in [2.75, 3.05) is 29.9 Å². The lowest BCUT2D eigenvalue weighted by molar-refractivity contribution is -0.116. The van der Waals surface area contributed by atoms with Crippen molar-refractivity contribution in [2.45, 2.75) is 26.7 Å². The fraction of sp³-hybridized carbons (Fsp3) is 0.250. The molecule has 3 aromatic carbocycles. The second-order valence-electron chi connectivity index (χ2n) is 9.22. The Balaban J connectivity index is 1.19. The molecule has 0 radical (unpaired) electrons. The molecule has 0 bridgehead atoms. The van der Waals surface area contributed by atoms with Crippen molar-refractivity contribution in [2.24, 2.45) is 0 Å². The van der Waals surface area contributed by atoms with E-state index in [0.717, 1.165) is 26.5 Å². The average Bonchev–Trinajstić information content (AvgIpc) is 3.42. The Hall–Kier alpha value is -3.71. The van der Waals surface area contributed by atoms with E-state index in [1.165, 1.54) is 11.1 Å². The molecule has 1 N–H and O–H groups in total. The zero-order chi connectivity index (χ0) is 24.5. The van der Waals surface area contributed by atoms with E-state index in [9.17, 15) is 9.59 Å². The molecule has 35 heavy (non-hydrogen) atoms. The van der Waals surface area contributed by atoms with Crippen molar-refractivity contribution in [3.8, 4) is 10.6 Å². The molecule has 1 aromatic heterocycles. The number of hydrogen-bond acceptors (Lipinski definition) is 4. The number of anilines is 2. The van der Waals surface area contributed by atoms with E-state index in [2.05, 4.69) is 50.4 Å².